The number of primary amides is 1. The molecule has 1 atom stereocenters. The Morgan fingerprint density at radius 1 is 0.804 bits per heavy atom. The van der Waals surface area contributed by atoms with E-state index in [1.165, 1.54) is 0 Å². The number of carbonyl (C=O) groups is 5. The molecule has 16 heteroatoms. The Morgan fingerprint density at radius 3 is 2.04 bits per heavy atom. The van der Waals surface area contributed by atoms with Gasteiger partial charge in [-0.3, -0.25) is 29.0 Å². The normalized spacial score (nSPS) is 11.5. The van der Waals surface area contributed by atoms with Gasteiger partial charge in [0.05, 0.1) is 42.6 Å². The van der Waals surface area contributed by atoms with Gasteiger partial charge in [0.1, 0.15) is 18.7 Å². The van der Waals surface area contributed by atoms with E-state index >= 15 is 0 Å². The Morgan fingerprint density at radius 2 is 1.39 bits per heavy atom. The van der Waals surface area contributed by atoms with Crippen LogP contribution in [0.3, 0.4) is 0 Å². The van der Waals surface area contributed by atoms with Crippen molar-refractivity contribution >= 4 is 74.2 Å². The number of anilines is 1. The highest BCUT2D eigenvalue weighted by atomic mass is 16.3. The second-order valence-corrected chi connectivity index (χ2v) is 10.4. The minimum Gasteiger partial charge on any atom is -0.447 e. The quantitative estimate of drug-likeness (QED) is 0.0322. The minimum absolute atomic E-state index is 0.0924. The largest absolute Gasteiger partial charge is 0.447 e. The van der Waals surface area contributed by atoms with Crippen molar-refractivity contribution in [1.29, 1.82) is 0 Å². The number of aliphatic imine (C=N–C) groups is 1. The number of hydrogen-bond acceptors (Lipinski definition) is 8. The lowest BCUT2D eigenvalue weighted by Crippen LogP contribution is -2.49. The first-order valence-electron chi connectivity index (χ1n) is 14.4. The van der Waals surface area contributed by atoms with Gasteiger partial charge < -0.3 is 48.2 Å². The Bertz CT molecular complexity index is 1810. The number of benzene rings is 2. The average Bonchev–Trinajstić information content (AvgIpc) is 3.42. The lowest BCUT2D eigenvalue weighted by molar-refractivity contribution is -0.616. The van der Waals surface area contributed by atoms with E-state index in [1.54, 1.807) is 0 Å². The van der Waals surface area contributed by atoms with Crippen molar-refractivity contribution < 1.29 is 33.0 Å². The summed E-state index contributed by atoms with van der Waals surface area (Å²) in [4.78, 5) is 64.5. The molecule has 5 amide bonds. The predicted molar refractivity (Wildman–Crippen MR) is 171 cm³/mol. The summed E-state index contributed by atoms with van der Waals surface area (Å²) in [6, 6.07) is 14.4. The summed E-state index contributed by atoms with van der Waals surface area (Å²) >= 11 is 0. The molecule has 0 aliphatic heterocycles. The summed E-state index contributed by atoms with van der Waals surface area (Å²) < 4.78 is 8.22. The number of aryl methyl sites for hydroxylation is 1. The number of pyridine rings is 1. The van der Waals surface area contributed by atoms with E-state index in [4.69, 9.17) is 21.6 Å². The fourth-order valence-electron chi connectivity index (χ4n) is 4.86. The van der Waals surface area contributed by atoms with Crippen LogP contribution in [0.5, 0.6) is 0 Å². The molecule has 2 aromatic heterocycles. The Balaban J connectivity index is 1.22. The summed E-state index contributed by atoms with van der Waals surface area (Å²) in [5.41, 5.74) is 19.6. The summed E-state index contributed by atoms with van der Waals surface area (Å²) in [6.07, 6.45) is 0.595. The van der Waals surface area contributed by atoms with Crippen molar-refractivity contribution in [2.45, 2.75) is 18.9 Å². The molecule has 0 fully saturated rings. The fourth-order valence-corrected chi connectivity index (χ4v) is 4.86. The number of nitrogens with one attached hydrogen (secondary N) is 5. The average molecular weight is 634 g/mol. The fraction of sp³-hybridized carbons (Fsp3) is 0.300. The molecule has 0 saturated heterocycles. The number of carbonyl (C=O) groups excluding carboxylic acids is 5. The molecule has 0 spiro atoms. The lowest BCUT2D eigenvalue weighted by atomic mass is 10.1. The molecule has 4 rings (SSSR count). The monoisotopic (exact) mass is 633 g/mol. The molecular weight excluding hydrogens is 596 g/mol. The van der Waals surface area contributed by atoms with Crippen molar-refractivity contribution in [2.75, 3.05) is 38.0 Å². The highest BCUT2D eigenvalue weighted by Gasteiger charge is 2.24. The number of guanidine groups is 1. The lowest BCUT2D eigenvalue weighted by Gasteiger charge is -2.15. The van der Waals surface area contributed by atoms with E-state index in [1.807, 2.05) is 60.1 Å². The van der Waals surface area contributed by atoms with Crippen molar-refractivity contribution in [3.05, 3.63) is 48.5 Å². The van der Waals surface area contributed by atoms with Crippen LogP contribution in [-0.4, -0.2) is 74.3 Å². The summed E-state index contributed by atoms with van der Waals surface area (Å²) in [5, 5.41) is 14.6. The first-order chi connectivity index (χ1) is 22.0. The molecule has 2 heterocycles. The highest BCUT2D eigenvalue weighted by molar-refractivity contribution is 6.11. The number of aromatic nitrogens is 1. The van der Waals surface area contributed by atoms with Gasteiger partial charge in [0.2, 0.25) is 40.6 Å². The number of amides is 5. The molecular formula is C30H37N10O6+. The molecule has 4 aromatic rings. The van der Waals surface area contributed by atoms with Crippen LogP contribution in [0.1, 0.15) is 12.8 Å². The maximum Gasteiger partial charge on any atom is 0.261 e. The van der Waals surface area contributed by atoms with E-state index in [9.17, 15) is 24.0 Å². The van der Waals surface area contributed by atoms with Crippen molar-refractivity contribution in [3.63, 3.8) is 0 Å². The maximum atomic E-state index is 12.6. The molecule has 46 heavy (non-hydrogen) atoms. The third kappa shape index (κ3) is 8.37. The maximum absolute atomic E-state index is 12.6. The summed E-state index contributed by atoms with van der Waals surface area (Å²) in [7, 11) is 1.96. The molecule has 0 saturated carbocycles. The van der Waals surface area contributed by atoms with Crippen LogP contribution in [0.2, 0.25) is 0 Å². The first-order valence-corrected chi connectivity index (χ1v) is 14.4. The van der Waals surface area contributed by atoms with Gasteiger partial charge in [-0.05, 0) is 31.0 Å². The number of nitrogens with two attached hydrogens (primary N) is 3. The number of fused-ring (bicyclic) bond motifs is 4. The number of para-hydroxylation sites is 2. The SMILES string of the molecule is C[n+]1c2ccccc2c(NCC(=O)NCC(=O)NCC(=O)NCC(=O)N[C@@H](CCCN=C(N)N)C(N)=O)c2oc3ccccc3c21. The summed E-state index contributed by atoms with van der Waals surface area (Å²) in [6.45, 7) is -1.15. The van der Waals surface area contributed by atoms with Crippen molar-refractivity contribution in [1.82, 2.24) is 21.3 Å². The van der Waals surface area contributed by atoms with Gasteiger partial charge in [0, 0.05) is 12.6 Å². The molecule has 2 aromatic carbocycles. The first kappa shape index (κ1) is 33.0. The van der Waals surface area contributed by atoms with Crippen LogP contribution >= 0.6 is 0 Å². The Hall–Kier alpha value is -5.93. The van der Waals surface area contributed by atoms with Gasteiger partial charge in [-0.25, -0.2) is 0 Å². The van der Waals surface area contributed by atoms with E-state index in [0.717, 1.165) is 21.8 Å². The van der Waals surface area contributed by atoms with Gasteiger partial charge >= 0.3 is 0 Å². The van der Waals surface area contributed by atoms with Crippen LogP contribution in [0.15, 0.2) is 57.9 Å². The van der Waals surface area contributed by atoms with E-state index in [-0.39, 0.29) is 32.0 Å². The second-order valence-electron chi connectivity index (χ2n) is 10.4. The van der Waals surface area contributed by atoms with Gasteiger partial charge in [-0.1, -0.05) is 24.3 Å². The van der Waals surface area contributed by atoms with Gasteiger partial charge in [0.15, 0.2) is 5.96 Å². The Kier molecular flexibility index (Phi) is 10.9. The number of furan rings is 1. The third-order valence-corrected chi connectivity index (χ3v) is 7.05. The minimum atomic E-state index is -0.968. The molecule has 11 N–H and O–H groups in total. The van der Waals surface area contributed by atoms with Crippen molar-refractivity contribution in [2.24, 2.45) is 29.2 Å². The zero-order valence-electron chi connectivity index (χ0n) is 25.2. The van der Waals surface area contributed by atoms with E-state index in [0.29, 0.717) is 23.3 Å². The smallest absolute Gasteiger partial charge is 0.261 e. The van der Waals surface area contributed by atoms with E-state index in [2.05, 4.69) is 31.6 Å². The molecule has 0 radical (unpaired) electrons. The van der Waals surface area contributed by atoms with Crippen molar-refractivity contribution in [3.8, 4) is 0 Å². The number of rotatable bonds is 15. The molecule has 242 valence electrons. The second kappa shape index (κ2) is 15.2. The molecule has 0 unspecified atom stereocenters. The summed E-state index contributed by atoms with van der Waals surface area (Å²) in [5.74, 6) is -3.21. The highest BCUT2D eigenvalue weighted by Crippen LogP contribution is 2.35. The van der Waals surface area contributed by atoms with Gasteiger partial charge in [0.25, 0.3) is 5.52 Å². The zero-order valence-corrected chi connectivity index (χ0v) is 25.2. The third-order valence-electron chi connectivity index (χ3n) is 7.05. The zero-order chi connectivity index (χ0) is 33.2. The molecule has 0 aliphatic rings. The number of hydrogen-bond donors (Lipinski definition) is 8. The van der Waals surface area contributed by atoms with Crippen LogP contribution in [0.25, 0.3) is 33.0 Å². The topological polar surface area (TPSA) is 253 Å². The molecule has 16 nitrogen and oxygen atoms in total. The molecule has 0 bridgehead atoms. The van der Waals surface area contributed by atoms with Crippen LogP contribution in [-0.2, 0) is 31.0 Å². The van der Waals surface area contributed by atoms with Crippen LogP contribution in [0.4, 0.5) is 5.69 Å². The predicted octanol–water partition coefficient (Wildman–Crippen LogP) is -1.65. The molecule has 0 aliphatic carbocycles. The van der Waals surface area contributed by atoms with Gasteiger partial charge in [-0.2, -0.15) is 4.57 Å². The Labute approximate surface area is 263 Å². The van der Waals surface area contributed by atoms with Gasteiger partial charge in [-0.15, -0.1) is 0 Å². The standard InChI is InChI=1S/C30H36N10O6/c1-40-20-10-4-2-7-17(20)26(28-27(40)18-8-3-5-11-21(18)46-28)38-15-24(43)36-13-22(41)35-14-23(42)37-16-25(44)39-19(29(31)45)9-6-12-34-30(32)33/h2-5,7-8,10-11,19H,6,9,12-16H2,1H3,(H10,31,32,33,34,35,36,37,39,41,42,43,44,45)/p+1/t19-/m0/s1. The van der Waals surface area contributed by atoms with Crippen LogP contribution in [0, 0.1) is 0 Å². The van der Waals surface area contributed by atoms with Crippen LogP contribution < -0.4 is 48.4 Å². The number of nitrogens with zero attached hydrogens (tertiary/aromatic N) is 2. The van der Waals surface area contributed by atoms with E-state index < -0.39 is 48.7 Å².